The highest BCUT2D eigenvalue weighted by Gasteiger charge is 2.22. The Morgan fingerprint density at radius 1 is 1.18 bits per heavy atom. The molecule has 0 saturated carbocycles. The molecule has 1 fully saturated rings. The van der Waals surface area contributed by atoms with Crippen molar-refractivity contribution in [2.45, 2.75) is 6.92 Å². The molecule has 0 radical (unpaired) electrons. The Hall–Kier alpha value is -1.14. The van der Waals surface area contributed by atoms with Crippen LogP contribution in [0.4, 0.5) is 0 Å². The quantitative estimate of drug-likeness (QED) is 0.601. The number of carbonyl (C=O) groups excluding carboxylic acids is 2. The van der Waals surface area contributed by atoms with Gasteiger partial charge in [0.05, 0.1) is 13.7 Å². The third-order valence-electron chi connectivity index (χ3n) is 2.74. The predicted octanol–water partition coefficient (Wildman–Crippen LogP) is -0.660. The van der Waals surface area contributed by atoms with Crippen LogP contribution in [0.2, 0.25) is 0 Å². The standard InChI is InChI=1S/C11H20N2O4/c1-3-17-9-10(14)13-6-4-12(5-7-13)8-11(15)16-2/h3-9H2,1-2H3. The molecule has 1 aliphatic rings. The molecule has 6 nitrogen and oxygen atoms in total. The van der Waals surface area contributed by atoms with E-state index in [2.05, 4.69) is 4.74 Å². The average molecular weight is 244 g/mol. The summed E-state index contributed by atoms with van der Waals surface area (Å²) in [5, 5.41) is 0. The van der Waals surface area contributed by atoms with Gasteiger partial charge < -0.3 is 14.4 Å². The van der Waals surface area contributed by atoms with Gasteiger partial charge in [-0.05, 0) is 6.92 Å². The number of hydrogen-bond donors (Lipinski definition) is 0. The topological polar surface area (TPSA) is 59.1 Å². The lowest BCUT2D eigenvalue weighted by Gasteiger charge is -2.33. The van der Waals surface area contributed by atoms with Gasteiger partial charge in [0, 0.05) is 32.8 Å². The summed E-state index contributed by atoms with van der Waals surface area (Å²) in [6, 6.07) is 0. The van der Waals surface area contributed by atoms with Crippen LogP contribution < -0.4 is 0 Å². The van der Waals surface area contributed by atoms with Crippen LogP contribution in [0.3, 0.4) is 0 Å². The van der Waals surface area contributed by atoms with E-state index >= 15 is 0 Å². The number of methoxy groups -OCH3 is 1. The fourth-order valence-electron chi connectivity index (χ4n) is 1.68. The summed E-state index contributed by atoms with van der Waals surface area (Å²) < 4.78 is 9.68. The van der Waals surface area contributed by atoms with E-state index in [4.69, 9.17) is 4.74 Å². The fraction of sp³-hybridized carbons (Fsp3) is 0.818. The molecule has 1 saturated heterocycles. The molecule has 0 spiro atoms. The molecular formula is C11H20N2O4. The van der Waals surface area contributed by atoms with Gasteiger partial charge in [-0.3, -0.25) is 14.5 Å². The van der Waals surface area contributed by atoms with Gasteiger partial charge in [0.2, 0.25) is 5.91 Å². The van der Waals surface area contributed by atoms with Crippen LogP contribution in [0.25, 0.3) is 0 Å². The highest BCUT2D eigenvalue weighted by Crippen LogP contribution is 2.02. The number of amides is 1. The van der Waals surface area contributed by atoms with Crippen LogP contribution in [-0.2, 0) is 19.1 Å². The monoisotopic (exact) mass is 244 g/mol. The van der Waals surface area contributed by atoms with Gasteiger partial charge in [0.25, 0.3) is 0 Å². The molecule has 98 valence electrons. The molecule has 0 aromatic rings. The Kier molecular flexibility index (Phi) is 5.93. The van der Waals surface area contributed by atoms with Crippen LogP contribution in [-0.4, -0.2) is 74.7 Å². The van der Waals surface area contributed by atoms with Gasteiger partial charge in [0.15, 0.2) is 0 Å². The van der Waals surface area contributed by atoms with Crippen molar-refractivity contribution in [1.29, 1.82) is 0 Å². The zero-order valence-corrected chi connectivity index (χ0v) is 10.5. The molecule has 0 bridgehead atoms. The number of esters is 1. The average Bonchev–Trinajstić information content (AvgIpc) is 2.36. The molecule has 1 rings (SSSR count). The zero-order valence-electron chi connectivity index (χ0n) is 10.5. The molecule has 0 aromatic heterocycles. The third kappa shape index (κ3) is 4.70. The lowest BCUT2D eigenvalue weighted by atomic mass is 10.3. The second kappa shape index (κ2) is 7.24. The van der Waals surface area contributed by atoms with Crippen LogP contribution in [0.5, 0.6) is 0 Å². The van der Waals surface area contributed by atoms with Crippen LogP contribution in [0.1, 0.15) is 6.92 Å². The molecule has 0 N–H and O–H groups in total. The van der Waals surface area contributed by atoms with Crippen molar-refractivity contribution in [3.05, 3.63) is 0 Å². The minimum atomic E-state index is -0.237. The molecular weight excluding hydrogens is 224 g/mol. The first kappa shape index (κ1) is 13.9. The van der Waals surface area contributed by atoms with Crippen molar-refractivity contribution in [2.24, 2.45) is 0 Å². The van der Waals surface area contributed by atoms with E-state index in [0.717, 1.165) is 0 Å². The Labute approximate surface area is 101 Å². The summed E-state index contributed by atoms with van der Waals surface area (Å²) in [7, 11) is 1.38. The number of rotatable bonds is 5. The molecule has 1 heterocycles. The lowest BCUT2D eigenvalue weighted by Crippen LogP contribution is -2.50. The maximum Gasteiger partial charge on any atom is 0.319 e. The first-order valence-electron chi connectivity index (χ1n) is 5.82. The Balaban J connectivity index is 2.25. The number of ether oxygens (including phenoxy) is 2. The first-order chi connectivity index (χ1) is 8.17. The SMILES string of the molecule is CCOCC(=O)N1CCN(CC(=O)OC)CC1. The van der Waals surface area contributed by atoms with Gasteiger partial charge >= 0.3 is 5.97 Å². The highest BCUT2D eigenvalue weighted by atomic mass is 16.5. The molecule has 17 heavy (non-hydrogen) atoms. The van der Waals surface area contributed by atoms with Crippen molar-refractivity contribution in [3.8, 4) is 0 Å². The second-order valence-electron chi connectivity index (χ2n) is 3.87. The summed E-state index contributed by atoms with van der Waals surface area (Å²) in [4.78, 5) is 26.5. The van der Waals surface area contributed by atoms with Gasteiger partial charge in [0.1, 0.15) is 6.61 Å². The Morgan fingerprint density at radius 2 is 1.82 bits per heavy atom. The van der Waals surface area contributed by atoms with Gasteiger partial charge in [-0.25, -0.2) is 0 Å². The summed E-state index contributed by atoms with van der Waals surface area (Å²) >= 11 is 0. The second-order valence-corrected chi connectivity index (χ2v) is 3.87. The minimum Gasteiger partial charge on any atom is -0.468 e. The van der Waals surface area contributed by atoms with E-state index in [1.807, 2.05) is 11.8 Å². The highest BCUT2D eigenvalue weighted by molar-refractivity contribution is 5.77. The number of hydrogen-bond acceptors (Lipinski definition) is 5. The van der Waals surface area contributed by atoms with E-state index in [-0.39, 0.29) is 18.5 Å². The van der Waals surface area contributed by atoms with E-state index in [9.17, 15) is 9.59 Å². The van der Waals surface area contributed by atoms with Crippen molar-refractivity contribution in [3.63, 3.8) is 0 Å². The summed E-state index contributed by atoms with van der Waals surface area (Å²) in [5.74, 6) is -0.219. The molecule has 0 aliphatic carbocycles. The summed E-state index contributed by atoms with van der Waals surface area (Å²) in [6.45, 7) is 5.54. The van der Waals surface area contributed by atoms with Crippen LogP contribution in [0.15, 0.2) is 0 Å². The van der Waals surface area contributed by atoms with Crippen molar-refractivity contribution < 1.29 is 19.1 Å². The van der Waals surface area contributed by atoms with E-state index in [1.165, 1.54) is 7.11 Å². The lowest BCUT2D eigenvalue weighted by molar-refractivity contribution is -0.143. The largest absolute Gasteiger partial charge is 0.468 e. The van der Waals surface area contributed by atoms with E-state index in [0.29, 0.717) is 39.3 Å². The summed E-state index contributed by atoms with van der Waals surface area (Å²) in [5.41, 5.74) is 0. The normalized spacial score (nSPS) is 16.9. The zero-order chi connectivity index (χ0) is 12.7. The fourth-order valence-corrected chi connectivity index (χ4v) is 1.68. The predicted molar refractivity (Wildman–Crippen MR) is 61.5 cm³/mol. The van der Waals surface area contributed by atoms with Gasteiger partial charge in [-0.2, -0.15) is 0 Å². The van der Waals surface area contributed by atoms with E-state index in [1.54, 1.807) is 4.90 Å². The first-order valence-corrected chi connectivity index (χ1v) is 5.82. The molecule has 1 amide bonds. The molecule has 1 aliphatic heterocycles. The third-order valence-corrected chi connectivity index (χ3v) is 2.74. The van der Waals surface area contributed by atoms with Crippen LogP contribution in [0, 0.1) is 0 Å². The summed E-state index contributed by atoms with van der Waals surface area (Å²) in [6.07, 6.45) is 0. The number of nitrogens with zero attached hydrogens (tertiary/aromatic N) is 2. The molecule has 0 atom stereocenters. The maximum absolute atomic E-state index is 11.6. The molecule has 6 heteroatoms. The van der Waals surface area contributed by atoms with Crippen molar-refractivity contribution >= 4 is 11.9 Å². The van der Waals surface area contributed by atoms with E-state index < -0.39 is 0 Å². The van der Waals surface area contributed by atoms with Crippen molar-refractivity contribution in [1.82, 2.24) is 9.80 Å². The Bertz CT molecular complexity index is 262. The number of piperazine rings is 1. The maximum atomic E-state index is 11.6. The minimum absolute atomic E-state index is 0.0181. The van der Waals surface area contributed by atoms with Crippen LogP contribution >= 0.6 is 0 Å². The van der Waals surface area contributed by atoms with Gasteiger partial charge in [-0.15, -0.1) is 0 Å². The molecule has 0 unspecified atom stereocenters. The van der Waals surface area contributed by atoms with Crippen molar-refractivity contribution in [2.75, 3.05) is 53.0 Å². The Morgan fingerprint density at radius 3 is 2.35 bits per heavy atom. The number of carbonyl (C=O) groups is 2. The van der Waals surface area contributed by atoms with Gasteiger partial charge in [-0.1, -0.05) is 0 Å². The molecule has 0 aromatic carbocycles. The smallest absolute Gasteiger partial charge is 0.319 e.